The van der Waals surface area contributed by atoms with Gasteiger partial charge in [-0.05, 0) is 130 Å². The molecule has 1 amide bonds. The lowest BCUT2D eigenvalue weighted by Crippen LogP contribution is -2.53. The van der Waals surface area contributed by atoms with Crippen molar-refractivity contribution in [2.24, 2.45) is 40.9 Å². The van der Waals surface area contributed by atoms with Gasteiger partial charge in [-0.25, -0.2) is 4.39 Å². The first kappa shape index (κ1) is 24.2. The Kier molecular flexibility index (Phi) is 6.56. The maximum Gasteiger partial charge on any atom is 0.251 e. The van der Waals surface area contributed by atoms with Gasteiger partial charge >= 0.3 is 0 Å². The highest BCUT2D eigenvalue weighted by atomic mass is 19.1. The van der Waals surface area contributed by atoms with E-state index in [4.69, 9.17) is 4.74 Å². The van der Waals surface area contributed by atoms with Crippen molar-refractivity contribution in [2.75, 3.05) is 13.7 Å². The zero-order chi connectivity index (χ0) is 24.1. The van der Waals surface area contributed by atoms with E-state index in [-0.39, 0.29) is 23.2 Å². The summed E-state index contributed by atoms with van der Waals surface area (Å²) in [6, 6.07) is 5.95. The van der Waals surface area contributed by atoms with Crippen molar-refractivity contribution >= 4 is 5.91 Å². The predicted molar refractivity (Wildman–Crippen MR) is 131 cm³/mol. The molecule has 4 aliphatic carbocycles. The summed E-state index contributed by atoms with van der Waals surface area (Å²) >= 11 is 0. The summed E-state index contributed by atoms with van der Waals surface area (Å²) in [5.41, 5.74) is 0.179. The van der Waals surface area contributed by atoms with Crippen molar-refractivity contribution in [3.05, 3.63) is 35.6 Å². The van der Waals surface area contributed by atoms with Crippen molar-refractivity contribution in [3.63, 3.8) is 0 Å². The molecule has 4 fully saturated rings. The summed E-state index contributed by atoms with van der Waals surface area (Å²) in [5.74, 6) is 3.80. The van der Waals surface area contributed by atoms with E-state index in [1.165, 1.54) is 50.7 Å². The van der Waals surface area contributed by atoms with Crippen LogP contribution in [0.4, 0.5) is 4.39 Å². The van der Waals surface area contributed by atoms with Crippen LogP contribution >= 0.6 is 0 Å². The molecule has 5 rings (SSSR count). The summed E-state index contributed by atoms with van der Waals surface area (Å²) in [4.78, 5) is 12.8. The van der Waals surface area contributed by atoms with Crippen LogP contribution in [-0.4, -0.2) is 36.4 Å². The highest BCUT2D eigenvalue weighted by molar-refractivity contribution is 5.94. The number of hydrogen-bond donors (Lipinski definition) is 2. The van der Waals surface area contributed by atoms with E-state index in [0.29, 0.717) is 24.0 Å². The third-order valence-corrected chi connectivity index (χ3v) is 10.7. The van der Waals surface area contributed by atoms with Gasteiger partial charge in [0, 0.05) is 18.7 Å². The topological polar surface area (TPSA) is 58.6 Å². The number of benzene rings is 1. The molecule has 0 aliphatic heterocycles. The van der Waals surface area contributed by atoms with Crippen molar-refractivity contribution in [2.45, 2.75) is 83.3 Å². The quantitative estimate of drug-likeness (QED) is 0.589. The van der Waals surface area contributed by atoms with Gasteiger partial charge < -0.3 is 15.2 Å². The van der Waals surface area contributed by atoms with Gasteiger partial charge in [0.15, 0.2) is 0 Å². The fourth-order valence-corrected chi connectivity index (χ4v) is 9.22. The van der Waals surface area contributed by atoms with Gasteiger partial charge in [0.05, 0.1) is 12.2 Å². The first-order valence-electron chi connectivity index (χ1n) is 13.5. The van der Waals surface area contributed by atoms with E-state index in [2.05, 4.69) is 19.2 Å². The molecule has 0 heterocycles. The van der Waals surface area contributed by atoms with Gasteiger partial charge in [-0.15, -0.1) is 0 Å². The molecule has 4 nitrogen and oxygen atoms in total. The predicted octanol–water partition coefficient (Wildman–Crippen LogP) is 5.59. The summed E-state index contributed by atoms with van der Waals surface area (Å²) in [6.07, 6.45) is 10.4. The molecular weight excluding hydrogens is 429 g/mol. The number of carbonyl (C=O) groups excluding carboxylic acids is 1. The van der Waals surface area contributed by atoms with E-state index >= 15 is 0 Å². The minimum atomic E-state index is -0.622. The molecular formula is C29H42FNO3. The fourth-order valence-electron chi connectivity index (χ4n) is 9.22. The van der Waals surface area contributed by atoms with Gasteiger partial charge in [0.2, 0.25) is 0 Å². The Balaban J connectivity index is 1.25. The van der Waals surface area contributed by atoms with Crippen LogP contribution in [0, 0.1) is 46.7 Å². The number of hydrogen-bond acceptors (Lipinski definition) is 3. The van der Waals surface area contributed by atoms with Crippen LogP contribution in [-0.2, 0) is 4.74 Å². The smallest absolute Gasteiger partial charge is 0.251 e. The lowest BCUT2D eigenvalue weighted by atomic mass is 9.48. The zero-order valence-electron chi connectivity index (χ0n) is 21.1. The molecule has 34 heavy (non-hydrogen) atoms. The molecule has 0 spiro atoms. The largest absolute Gasteiger partial charge is 0.387 e. The summed E-state index contributed by atoms with van der Waals surface area (Å²) < 4.78 is 18.6. The molecule has 1 aromatic rings. The molecule has 4 aliphatic rings. The minimum Gasteiger partial charge on any atom is -0.387 e. The Labute approximate surface area is 204 Å². The Morgan fingerprint density at radius 1 is 1.09 bits per heavy atom. The normalized spacial score (nSPS) is 42.3. The van der Waals surface area contributed by atoms with E-state index in [1.54, 1.807) is 19.2 Å². The third kappa shape index (κ3) is 4.21. The second-order valence-electron chi connectivity index (χ2n) is 12.3. The molecule has 1 unspecified atom stereocenters. The third-order valence-electron chi connectivity index (χ3n) is 10.7. The van der Waals surface area contributed by atoms with Crippen molar-refractivity contribution < 1.29 is 19.0 Å². The average molecular weight is 472 g/mol. The van der Waals surface area contributed by atoms with Crippen LogP contribution in [0.5, 0.6) is 0 Å². The van der Waals surface area contributed by atoms with Crippen molar-refractivity contribution in [1.82, 2.24) is 5.32 Å². The van der Waals surface area contributed by atoms with Gasteiger partial charge in [-0.3, -0.25) is 4.79 Å². The summed E-state index contributed by atoms with van der Waals surface area (Å²) in [7, 11) is 1.70. The molecule has 0 bridgehead atoms. The van der Waals surface area contributed by atoms with Crippen LogP contribution in [0.1, 0.15) is 82.0 Å². The maximum absolute atomic E-state index is 13.3. The second-order valence-corrected chi connectivity index (χ2v) is 12.3. The van der Waals surface area contributed by atoms with E-state index in [1.807, 2.05) is 0 Å². The van der Waals surface area contributed by atoms with Crippen LogP contribution < -0.4 is 5.32 Å². The Bertz CT molecular complexity index is 890. The molecule has 5 heteroatoms. The van der Waals surface area contributed by atoms with Crippen LogP contribution in [0.15, 0.2) is 24.3 Å². The van der Waals surface area contributed by atoms with E-state index in [9.17, 15) is 14.3 Å². The second kappa shape index (κ2) is 9.20. The zero-order valence-corrected chi connectivity index (χ0v) is 21.1. The molecule has 2 N–H and O–H groups in total. The molecule has 0 aromatic heterocycles. The number of ether oxygens (including phenoxy) is 1. The number of fused-ring (bicyclic) bond motifs is 5. The van der Waals surface area contributed by atoms with Crippen LogP contribution in [0.25, 0.3) is 0 Å². The Morgan fingerprint density at radius 3 is 2.56 bits per heavy atom. The number of methoxy groups -OCH3 is 1. The van der Waals surface area contributed by atoms with Gasteiger partial charge in [0.1, 0.15) is 5.82 Å². The number of carbonyl (C=O) groups is 1. The van der Waals surface area contributed by atoms with Crippen molar-refractivity contribution in [1.29, 1.82) is 0 Å². The Hall–Kier alpha value is -1.46. The monoisotopic (exact) mass is 471 g/mol. The van der Waals surface area contributed by atoms with Crippen LogP contribution in [0.2, 0.25) is 0 Å². The number of halogens is 1. The molecule has 1 aromatic carbocycles. The first-order valence-corrected chi connectivity index (χ1v) is 13.5. The lowest BCUT2D eigenvalue weighted by molar-refractivity contribution is -0.125. The standard InChI is InChI=1S/C29H42FNO3/c1-18(31-27(32)19-4-7-21(30)8-5-19)25-10-11-26-24-9-6-20-16-29(33,17-34-3)15-13-22(20)23(24)12-14-28(25,26)2/h4-5,7-8,18,20,22-26,33H,6,9-17H2,1-3H3,(H,31,32)/t18-,20-,22+,23-,24-,25?,26+,28-,29-/m1/s1. The number of aliphatic hydroxyl groups is 1. The lowest BCUT2D eigenvalue weighted by Gasteiger charge is -2.57. The number of nitrogens with one attached hydrogen (secondary N) is 1. The average Bonchev–Trinajstić information content (AvgIpc) is 3.16. The Morgan fingerprint density at radius 2 is 1.82 bits per heavy atom. The first-order chi connectivity index (χ1) is 16.2. The highest BCUT2D eigenvalue weighted by Crippen LogP contribution is 2.65. The van der Waals surface area contributed by atoms with Crippen molar-refractivity contribution in [3.8, 4) is 0 Å². The molecule has 0 saturated heterocycles. The van der Waals surface area contributed by atoms with E-state index in [0.717, 1.165) is 42.9 Å². The molecule has 9 atom stereocenters. The summed E-state index contributed by atoms with van der Waals surface area (Å²) in [6.45, 7) is 5.13. The molecule has 4 saturated carbocycles. The highest BCUT2D eigenvalue weighted by Gasteiger charge is 2.58. The number of amides is 1. The summed E-state index contributed by atoms with van der Waals surface area (Å²) in [5, 5.41) is 14.2. The minimum absolute atomic E-state index is 0.0977. The molecule has 188 valence electrons. The van der Waals surface area contributed by atoms with Gasteiger partial charge in [-0.2, -0.15) is 0 Å². The SMILES string of the molecule is COC[C@@]1(O)CC[C@H]2[C@H](CC[C@@H]3[C@@H]2CC[C@]2(C)C([C@@H](C)NC(=O)c4ccc(F)cc4)CC[C@@H]32)C1. The number of rotatable bonds is 5. The fraction of sp³-hybridized carbons (Fsp3) is 0.759. The maximum atomic E-state index is 13.3. The van der Waals surface area contributed by atoms with Gasteiger partial charge in [0.25, 0.3) is 5.91 Å². The molecule has 0 radical (unpaired) electrons. The van der Waals surface area contributed by atoms with Crippen LogP contribution in [0.3, 0.4) is 0 Å². The van der Waals surface area contributed by atoms with E-state index < -0.39 is 5.60 Å². The van der Waals surface area contributed by atoms with Gasteiger partial charge in [-0.1, -0.05) is 6.92 Å².